The lowest BCUT2D eigenvalue weighted by atomic mass is 9.82. The Balaban J connectivity index is 2.02. The van der Waals surface area contributed by atoms with Gasteiger partial charge in [0.1, 0.15) is 6.04 Å². The Kier molecular flexibility index (Phi) is 4.83. The minimum atomic E-state index is -0.259. The van der Waals surface area contributed by atoms with Crippen LogP contribution in [0.4, 0.5) is 0 Å². The van der Waals surface area contributed by atoms with E-state index in [0.717, 1.165) is 19.3 Å². The molecule has 0 spiro atoms. The first-order chi connectivity index (χ1) is 9.11. The molecule has 4 heteroatoms. The van der Waals surface area contributed by atoms with Crippen LogP contribution in [0.2, 0.25) is 0 Å². The third-order valence-corrected chi connectivity index (χ3v) is 4.58. The zero-order valence-electron chi connectivity index (χ0n) is 12.2. The fourth-order valence-electron chi connectivity index (χ4n) is 3.18. The lowest BCUT2D eigenvalue weighted by Crippen LogP contribution is -2.61. The van der Waals surface area contributed by atoms with Gasteiger partial charge in [0, 0.05) is 6.54 Å². The van der Waals surface area contributed by atoms with Crippen LogP contribution in [-0.4, -0.2) is 35.8 Å². The van der Waals surface area contributed by atoms with Crippen molar-refractivity contribution in [2.75, 3.05) is 13.1 Å². The Morgan fingerprint density at radius 2 is 1.95 bits per heavy atom. The van der Waals surface area contributed by atoms with E-state index >= 15 is 0 Å². The normalized spacial score (nSPS) is 27.3. The van der Waals surface area contributed by atoms with E-state index in [9.17, 15) is 9.59 Å². The minimum absolute atomic E-state index is 0.0125. The van der Waals surface area contributed by atoms with E-state index in [4.69, 9.17) is 0 Å². The fraction of sp³-hybridized carbons (Fsp3) is 0.867. The summed E-state index contributed by atoms with van der Waals surface area (Å²) >= 11 is 0. The predicted molar refractivity (Wildman–Crippen MR) is 74.5 cm³/mol. The summed E-state index contributed by atoms with van der Waals surface area (Å²) in [6, 6.07) is -0.259. The molecule has 2 rings (SSSR count). The van der Waals surface area contributed by atoms with Crippen LogP contribution < -0.4 is 5.32 Å². The predicted octanol–water partition coefficient (Wildman–Crippen LogP) is 1.94. The van der Waals surface area contributed by atoms with Gasteiger partial charge in [-0.25, -0.2) is 0 Å². The second-order valence-corrected chi connectivity index (χ2v) is 6.18. The van der Waals surface area contributed by atoms with Gasteiger partial charge in [-0.1, -0.05) is 39.5 Å². The van der Waals surface area contributed by atoms with Crippen molar-refractivity contribution < 1.29 is 9.59 Å². The van der Waals surface area contributed by atoms with E-state index in [0.29, 0.717) is 18.4 Å². The molecular weight excluding hydrogens is 240 g/mol. The maximum absolute atomic E-state index is 12.5. The van der Waals surface area contributed by atoms with Crippen molar-refractivity contribution in [2.45, 2.75) is 58.4 Å². The van der Waals surface area contributed by atoms with Crippen molar-refractivity contribution in [1.29, 1.82) is 0 Å². The van der Waals surface area contributed by atoms with Crippen LogP contribution in [0.15, 0.2) is 0 Å². The molecule has 108 valence electrons. The molecule has 2 unspecified atom stereocenters. The van der Waals surface area contributed by atoms with E-state index in [1.807, 2.05) is 0 Å². The van der Waals surface area contributed by atoms with Gasteiger partial charge in [0.15, 0.2) is 0 Å². The highest BCUT2D eigenvalue weighted by atomic mass is 16.2. The van der Waals surface area contributed by atoms with Gasteiger partial charge in [-0.2, -0.15) is 0 Å². The smallest absolute Gasteiger partial charge is 0.245 e. The molecule has 1 saturated carbocycles. The van der Waals surface area contributed by atoms with E-state index < -0.39 is 0 Å². The topological polar surface area (TPSA) is 49.4 Å². The molecule has 2 atom stereocenters. The molecule has 0 radical (unpaired) electrons. The molecule has 4 nitrogen and oxygen atoms in total. The molecule has 1 heterocycles. The molecule has 0 aromatic carbocycles. The van der Waals surface area contributed by atoms with Gasteiger partial charge in [-0.15, -0.1) is 0 Å². The third-order valence-electron chi connectivity index (χ3n) is 4.58. The van der Waals surface area contributed by atoms with Crippen molar-refractivity contribution in [2.24, 2.45) is 11.8 Å². The number of nitrogens with one attached hydrogen (secondary N) is 1. The van der Waals surface area contributed by atoms with Gasteiger partial charge in [0.05, 0.1) is 6.54 Å². The van der Waals surface area contributed by atoms with Crippen molar-refractivity contribution in [3.8, 4) is 0 Å². The fourth-order valence-corrected chi connectivity index (χ4v) is 3.18. The van der Waals surface area contributed by atoms with Gasteiger partial charge < -0.3 is 10.2 Å². The number of piperazine rings is 1. The van der Waals surface area contributed by atoms with E-state index in [-0.39, 0.29) is 24.4 Å². The second-order valence-electron chi connectivity index (χ2n) is 6.18. The van der Waals surface area contributed by atoms with Crippen molar-refractivity contribution in [1.82, 2.24) is 10.2 Å². The number of carbonyl (C=O) groups is 2. The first kappa shape index (κ1) is 14.4. The number of nitrogens with zero attached hydrogens (tertiary/aromatic N) is 1. The highest BCUT2D eigenvalue weighted by Crippen LogP contribution is 2.28. The van der Waals surface area contributed by atoms with Gasteiger partial charge in [-0.05, 0) is 24.7 Å². The standard InChI is InChI=1S/C15H26N2O2/c1-3-11(2)9-17-10-13(18)16-14(15(17)19)12-7-5-4-6-8-12/h11-12,14H,3-10H2,1-2H3,(H,16,18). The monoisotopic (exact) mass is 266 g/mol. The first-order valence-electron chi connectivity index (χ1n) is 7.70. The van der Waals surface area contributed by atoms with E-state index in [2.05, 4.69) is 19.2 Å². The minimum Gasteiger partial charge on any atom is -0.342 e. The summed E-state index contributed by atoms with van der Waals surface area (Å²) in [5.41, 5.74) is 0. The molecule has 2 fully saturated rings. The van der Waals surface area contributed by atoms with Gasteiger partial charge in [-0.3, -0.25) is 9.59 Å². The SMILES string of the molecule is CCC(C)CN1CC(=O)NC(C2CCCCC2)C1=O. The Bertz CT molecular complexity index is 337. The molecule has 1 aliphatic heterocycles. The van der Waals surface area contributed by atoms with Gasteiger partial charge in [0.25, 0.3) is 0 Å². The number of amides is 2. The summed E-state index contributed by atoms with van der Waals surface area (Å²) in [5, 5.41) is 2.93. The molecule has 0 bridgehead atoms. The number of carbonyl (C=O) groups excluding carboxylic acids is 2. The Morgan fingerprint density at radius 3 is 2.58 bits per heavy atom. The molecule has 19 heavy (non-hydrogen) atoms. The Morgan fingerprint density at radius 1 is 1.26 bits per heavy atom. The van der Waals surface area contributed by atoms with Crippen LogP contribution in [0.5, 0.6) is 0 Å². The van der Waals surface area contributed by atoms with E-state index in [1.165, 1.54) is 19.3 Å². The molecule has 1 N–H and O–H groups in total. The lowest BCUT2D eigenvalue weighted by Gasteiger charge is -2.38. The van der Waals surface area contributed by atoms with Gasteiger partial charge >= 0.3 is 0 Å². The second kappa shape index (κ2) is 6.40. The molecular formula is C15H26N2O2. The van der Waals surface area contributed by atoms with Crippen LogP contribution in [0.25, 0.3) is 0 Å². The molecule has 1 saturated heterocycles. The Hall–Kier alpha value is -1.06. The van der Waals surface area contributed by atoms with E-state index in [1.54, 1.807) is 4.90 Å². The van der Waals surface area contributed by atoms with Crippen molar-refractivity contribution in [3.63, 3.8) is 0 Å². The molecule has 1 aliphatic carbocycles. The summed E-state index contributed by atoms with van der Waals surface area (Å²) in [5.74, 6) is 0.970. The van der Waals surface area contributed by atoms with Crippen molar-refractivity contribution in [3.05, 3.63) is 0 Å². The van der Waals surface area contributed by atoms with Crippen LogP contribution in [0.3, 0.4) is 0 Å². The highest BCUT2D eigenvalue weighted by molar-refractivity contribution is 5.95. The summed E-state index contributed by atoms with van der Waals surface area (Å²) < 4.78 is 0. The average Bonchev–Trinajstić information content (AvgIpc) is 2.43. The maximum atomic E-state index is 12.5. The van der Waals surface area contributed by atoms with Crippen LogP contribution in [0, 0.1) is 11.8 Å². The van der Waals surface area contributed by atoms with Crippen LogP contribution in [0.1, 0.15) is 52.4 Å². The Labute approximate surface area is 115 Å². The molecule has 0 aromatic heterocycles. The van der Waals surface area contributed by atoms with Gasteiger partial charge in [0.2, 0.25) is 11.8 Å². The molecule has 2 aliphatic rings. The largest absolute Gasteiger partial charge is 0.342 e. The number of hydrogen-bond acceptors (Lipinski definition) is 2. The summed E-state index contributed by atoms with van der Waals surface area (Å²) in [4.78, 5) is 26.1. The van der Waals surface area contributed by atoms with Crippen molar-refractivity contribution >= 4 is 11.8 Å². The zero-order chi connectivity index (χ0) is 13.8. The quantitative estimate of drug-likeness (QED) is 0.845. The molecule has 2 amide bonds. The number of rotatable bonds is 4. The zero-order valence-corrected chi connectivity index (χ0v) is 12.2. The summed E-state index contributed by atoms with van der Waals surface area (Å²) in [7, 11) is 0. The maximum Gasteiger partial charge on any atom is 0.245 e. The summed E-state index contributed by atoms with van der Waals surface area (Å²) in [6.07, 6.45) is 6.84. The number of hydrogen-bond donors (Lipinski definition) is 1. The summed E-state index contributed by atoms with van der Waals surface area (Å²) in [6.45, 7) is 5.21. The van der Waals surface area contributed by atoms with Crippen LogP contribution in [-0.2, 0) is 9.59 Å². The third kappa shape index (κ3) is 3.48. The first-order valence-corrected chi connectivity index (χ1v) is 7.70. The lowest BCUT2D eigenvalue weighted by molar-refractivity contribution is -0.146. The highest BCUT2D eigenvalue weighted by Gasteiger charge is 2.38. The molecule has 0 aromatic rings. The van der Waals surface area contributed by atoms with Crippen LogP contribution >= 0.6 is 0 Å². The average molecular weight is 266 g/mol.